The number of carbonyl (C=O) groups excluding carboxylic acids is 2. The second-order valence-electron chi connectivity index (χ2n) is 4.12. The molecule has 0 radical (unpaired) electrons. The lowest BCUT2D eigenvalue weighted by Crippen LogP contribution is -2.31. The normalized spacial score (nSPS) is 21.6. The van der Waals surface area contributed by atoms with E-state index in [-0.39, 0.29) is 5.88 Å². The summed E-state index contributed by atoms with van der Waals surface area (Å²) in [6, 6.07) is 3.41. The van der Waals surface area contributed by atoms with Crippen molar-refractivity contribution in [2.45, 2.75) is 19.4 Å². The Morgan fingerprint density at radius 1 is 1.50 bits per heavy atom. The first-order valence-corrected chi connectivity index (χ1v) is 6.43. The largest absolute Gasteiger partial charge is 0.465 e. The van der Waals surface area contributed by atoms with Crippen molar-refractivity contribution in [3.8, 4) is 0 Å². The first-order valence-electron chi connectivity index (χ1n) is 5.55. The average Bonchev–Trinajstić information content (AvgIpc) is 2.93. The average molecular weight is 297 g/mol. The standard InChI is InChI=1S/C12H11NO6S/c1-6(14)18-8-9(15)12(2,7-4-3-5-20-7)19-10(8)13-11(16)17/h3-5,13H,1-2H3,(H,16,17). The number of esters is 1. The third kappa shape index (κ3) is 2.37. The third-order valence-corrected chi connectivity index (χ3v) is 3.68. The summed E-state index contributed by atoms with van der Waals surface area (Å²) < 4.78 is 10.2. The topological polar surface area (TPSA) is 102 Å². The molecule has 2 rings (SSSR count). The van der Waals surface area contributed by atoms with Gasteiger partial charge >= 0.3 is 12.1 Å². The van der Waals surface area contributed by atoms with Gasteiger partial charge in [-0.25, -0.2) is 4.79 Å². The number of carboxylic acid groups (broad SMARTS) is 1. The number of thiophene rings is 1. The van der Waals surface area contributed by atoms with E-state index < -0.39 is 29.2 Å². The van der Waals surface area contributed by atoms with Crippen molar-refractivity contribution < 1.29 is 29.0 Å². The molecule has 1 amide bonds. The highest BCUT2D eigenvalue weighted by molar-refractivity contribution is 7.10. The molecule has 20 heavy (non-hydrogen) atoms. The van der Waals surface area contributed by atoms with Crippen LogP contribution in [0, 0.1) is 0 Å². The van der Waals surface area contributed by atoms with Gasteiger partial charge in [-0.2, -0.15) is 0 Å². The third-order valence-electron chi connectivity index (χ3n) is 2.61. The van der Waals surface area contributed by atoms with E-state index in [1.807, 2.05) is 5.32 Å². The van der Waals surface area contributed by atoms with Crippen molar-refractivity contribution in [2.75, 3.05) is 0 Å². The number of nitrogens with one attached hydrogen (secondary N) is 1. The van der Waals surface area contributed by atoms with E-state index in [1.165, 1.54) is 18.3 Å². The van der Waals surface area contributed by atoms with Crippen LogP contribution in [0.4, 0.5) is 4.79 Å². The van der Waals surface area contributed by atoms with Gasteiger partial charge in [0, 0.05) is 6.92 Å². The molecule has 1 aromatic rings. The number of ketones is 1. The van der Waals surface area contributed by atoms with Crippen LogP contribution < -0.4 is 5.32 Å². The van der Waals surface area contributed by atoms with Gasteiger partial charge in [-0.05, 0) is 18.4 Å². The van der Waals surface area contributed by atoms with Crippen molar-refractivity contribution in [1.29, 1.82) is 0 Å². The second-order valence-corrected chi connectivity index (χ2v) is 5.07. The van der Waals surface area contributed by atoms with Gasteiger partial charge in [0.25, 0.3) is 5.78 Å². The molecule has 1 unspecified atom stereocenters. The van der Waals surface area contributed by atoms with Crippen molar-refractivity contribution in [2.24, 2.45) is 0 Å². The quantitative estimate of drug-likeness (QED) is 0.821. The molecule has 1 atom stereocenters. The number of carbonyl (C=O) groups is 3. The fourth-order valence-corrected chi connectivity index (χ4v) is 2.56. The Bertz CT molecular complexity index is 605. The Morgan fingerprint density at radius 2 is 2.20 bits per heavy atom. The fourth-order valence-electron chi connectivity index (χ4n) is 1.74. The van der Waals surface area contributed by atoms with Crippen molar-refractivity contribution in [3.63, 3.8) is 0 Å². The van der Waals surface area contributed by atoms with Crippen molar-refractivity contribution in [1.82, 2.24) is 5.32 Å². The first-order chi connectivity index (χ1) is 9.34. The molecule has 0 bridgehead atoms. The predicted molar refractivity (Wildman–Crippen MR) is 67.7 cm³/mol. The molecule has 2 heterocycles. The molecule has 8 heteroatoms. The maximum atomic E-state index is 12.4. The van der Waals surface area contributed by atoms with Gasteiger partial charge in [-0.3, -0.25) is 14.9 Å². The van der Waals surface area contributed by atoms with Gasteiger partial charge in [0.1, 0.15) is 0 Å². The highest BCUT2D eigenvalue weighted by atomic mass is 32.1. The molecule has 0 spiro atoms. The zero-order valence-electron chi connectivity index (χ0n) is 10.6. The van der Waals surface area contributed by atoms with Crippen LogP contribution in [0.5, 0.6) is 0 Å². The molecule has 1 aromatic heterocycles. The van der Waals surface area contributed by atoms with Crippen LogP contribution in [0.15, 0.2) is 29.2 Å². The van der Waals surface area contributed by atoms with E-state index in [9.17, 15) is 14.4 Å². The summed E-state index contributed by atoms with van der Waals surface area (Å²) in [6.07, 6.45) is -1.42. The van der Waals surface area contributed by atoms with E-state index in [4.69, 9.17) is 14.6 Å². The molecule has 0 fully saturated rings. The molecule has 7 nitrogen and oxygen atoms in total. The highest BCUT2D eigenvalue weighted by Crippen LogP contribution is 2.40. The Balaban J connectivity index is 2.40. The zero-order valence-corrected chi connectivity index (χ0v) is 11.4. The molecule has 0 saturated carbocycles. The smallest absolute Gasteiger partial charge is 0.411 e. The van der Waals surface area contributed by atoms with Crippen LogP contribution in [0.25, 0.3) is 0 Å². The van der Waals surface area contributed by atoms with Crippen LogP contribution in [0.3, 0.4) is 0 Å². The summed E-state index contributed by atoms with van der Waals surface area (Å²) in [4.78, 5) is 34.7. The predicted octanol–water partition coefficient (Wildman–Crippen LogP) is 1.56. The number of ether oxygens (including phenoxy) is 2. The number of amides is 1. The van der Waals surface area contributed by atoms with Gasteiger partial charge in [-0.15, -0.1) is 11.3 Å². The molecule has 0 saturated heterocycles. The Morgan fingerprint density at radius 3 is 2.70 bits per heavy atom. The SMILES string of the molecule is CC(=O)OC1=C(NC(=O)O)OC(C)(c2cccs2)C1=O. The summed E-state index contributed by atoms with van der Waals surface area (Å²) in [5, 5.41) is 12.4. The minimum absolute atomic E-state index is 0.381. The Kier molecular flexibility index (Phi) is 3.49. The maximum Gasteiger partial charge on any atom is 0.411 e. The molecule has 1 aliphatic heterocycles. The van der Waals surface area contributed by atoms with Crippen LogP contribution in [-0.2, 0) is 24.7 Å². The number of rotatable bonds is 3. The maximum absolute atomic E-state index is 12.4. The molecular weight excluding hydrogens is 286 g/mol. The molecule has 1 aliphatic rings. The monoisotopic (exact) mass is 297 g/mol. The summed E-state index contributed by atoms with van der Waals surface area (Å²) in [5.41, 5.74) is -1.41. The second kappa shape index (κ2) is 4.97. The molecule has 106 valence electrons. The molecule has 0 aliphatic carbocycles. The van der Waals surface area contributed by atoms with Crippen LogP contribution in [0.1, 0.15) is 18.7 Å². The van der Waals surface area contributed by atoms with Crippen molar-refractivity contribution in [3.05, 3.63) is 34.0 Å². The first kappa shape index (κ1) is 14.1. The zero-order chi connectivity index (χ0) is 14.9. The highest BCUT2D eigenvalue weighted by Gasteiger charge is 2.50. The fraction of sp³-hybridized carbons (Fsp3) is 0.250. The van der Waals surface area contributed by atoms with E-state index >= 15 is 0 Å². The summed E-state index contributed by atoms with van der Waals surface area (Å²) in [6.45, 7) is 2.60. The number of hydrogen-bond acceptors (Lipinski definition) is 6. The lowest BCUT2D eigenvalue weighted by atomic mass is 9.99. The lowest BCUT2D eigenvalue weighted by molar-refractivity contribution is -0.142. The van der Waals surface area contributed by atoms with E-state index in [1.54, 1.807) is 17.5 Å². The lowest BCUT2D eigenvalue weighted by Gasteiger charge is -2.21. The van der Waals surface area contributed by atoms with E-state index in [0.717, 1.165) is 6.92 Å². The number of hydrogen-bond donors (Lipinski definition) is 2. The molecular formula is C12H11NO6S. The Hall–Kier alpha value is -2.35. The van der Waals surface area contributed by atoms with Crippen LogP contribution >= 0.6 is 11.3 Å². The van der Waals surface area contributed by atoms with Gasteiger partial charge < -0.3 is 14.6 Å². The minimum atomic E-state index is -1.42. The Labute approximate surface area is 117 Å². The van der Waals surface area contributed by atoms with Gasteiger partial charge in [0.2, 0.25) is 17.2 Å². The van der Waals surface area contributed by atoms with Crippen LogP contribution in [-0.4, -0.2) is 23.0 Å². The number of Topliss-reactive ketones (excluding diaryl/α,β-unsaturated/α-hetero) is 1. The molecule has 2 N–H and O–H groups in total. The summed E-state index contributed by atoms with van der Waals surface area (Å²) in [7, 11) is 0. The van der Waals surface area contributed by atoms with Gasteiger partial charge in [0.05, 0.1) is 4.88 Å². The minimum Gasteiger partial charge on any atom is -0.465 e. The van der Waals surface area contributed by atoms with Gasteiger partial charge in [0.15, 0.2) is 0 Å². The summed E-state index contributed by atoms with van der Waals surface area (Å²) in [5.74, 6) is -2.17. The molecule has 0 aromatic carbocycles. The summed E-state index contributed by atoms with van der Waals surface area (Å²) >= 11 is 1.28. The van der Waals surface area contributed by atoms with Crippen LogP contribution in [0.2, 0.25) is 0 Å². The van der Waals surface area contributed by atoms with E-state index in [0.29, 0.717) is 4.88 Å². The van der Waals surface area contributed by atoms with Crippen molar-refractivity contribution >= 4 is 29.2 Å². The van der Waals surface area contributed by atoms with E-state index in [2.05, 4.69) is 0 Å². The van der Waals surface area contributed by atoms with Gasteiger partial charge in [-0.1, -0.05) is 6.07 Å².